The number of carbonyl (C=O) groups is 4. The third-order valence-electron chi connectivity index (χ3n) is 24.3. The number of anilines is 4. The molecule has 136 heavy (non-hydrogen) atoms. The summed E-state index contributed by atoms with van der Waals surface area (Å²) in [7, 11) is 7.72. The Morgan fingerprint density at radius 3 is 1.08 bits per heavy atom. The maximum Gasteiger partial charge on any atom is 0.254 e. The standard InChI is InChI=1S/C22H30N8O6.C22H22N8O5.C21H26N8O5.C18H22N8O5/c1-21(2,32-6)33-9-12-14-15(36-22(3,4)35-14)19(34-12)29-10-25-13-16(23)27-20(28-17(13)29)30-8-11(7-26-30)18(31)24-5;1-24-19(32)12-7-26-30(8-12)22-27-17(23)14-18(28-22)29(10-25-14)20-16-15(13(9-31)33-20)34-21(35-16)11-5-3-2-4-6-11;1-23-18(31)11-7-25-29(8-11)20-26-16(22)13-17(27-20)28(10-24-13)19-15-14(12(9-30)32-19)33-21(34-15)5-3-2-4-6-21;1-18(2)30-11-9(6-27)29-16(12(11)31-18)25-7-21-10-13(19)23-17(24-14(10)25)26-5-8(4-22-26)15(28)20-3/h7-8,10,12,14-15,19H,9H2,1-6H3,(H,24,31)(H2,23,27,28);2-8,10,13,15-16,20-21,31H,9H2,1H3,(H,24,32)(H2,23,27,28);7-8,10,12,14-15,19,30H,2-6,9H2,1H3,(H,23,31)(H2,22,26,27);4-5,7,9,11-12,16,27H,6H2,1-3H3,(H,20,28)(H2,19,23,24)/t12-,14+,15?,19-;13-,15+,16?,20-,21?;12-,14+,15?,19-;9-,11+,12?,16-/m1111/s1. The monoisotopic (exact) mass is 1880 g/mol. The molecule has 718 valence electrons. The maximum atomic E-state index is 11.9. The number of methoxy groups -OCH3 is 1. The largest absolute Gasteiger partial charge is 0.394 e. The molecule has 8 saturated heterocycles. The number of carbonyl (C=O) groups excluding carboxylic acids is 4. The minimum absolute atomic E-state index is 0.139. The summed E-state index contributed by atoms with van der Waals surface area (Å²) in [5.74, 6) is -2.89. The third kappa shape index (κ3) is 17.1. The van der Waals surface area contributed by atoms with Crippen LogP contribution in [-0.2, 0) is 66.3 Å². The van der Waals surface area contributed by atoms with E-state index in [0.29, 0.717) is 66.9 Å². The van der Waals surface area contributed by atoms with Gasteiger partial charge in [0.2, 0.25) is 0 Å². The average Bonchev–Trinajstić information content (AvgIpc) is 1.55. The molecule has 13 aromatic rings. The second-order valence-electron chi connectivity index (χ2n) is 34.4. The number of fused-ring (bicyclic) bond motifs is 8. The van der Waals surface area contributed by atoms with Gasteiger partial charge in [0.1, 0.15) is 95.3 Å². The van der Waals surface area contributed by atoms with Gasteiger partial charge in [-0.2, -0.15) is 60.3 Å². The molecule has 53 nitrogen and oxygen atoms in total. The van der Waals surface area contributed by atoms with Crippen LogP contribution in [-0.4, -0.2) is 314 Å². The first-order valence-corrected chi connectivity index (χ1v) is 43.6. The molecule has 0 radical (unpaired) electrons. The molecule has 20 heterocycles. The van der Waals surface area contributed by atoms with E-state index in [1.165, 1.54) is 95.8 Å². The number of hydrogen-bond donors (Lipinski definition) is 11. The zero-order valence-corrected chi connectivity index (χ0v) is 75.2. The molecule has 15 N–H and O–H groups in total. The van der Waals surface area contributed by atoms with E-state index in [-0.39, 0.29) is 97.1 Å². The number of nitrogen functional groups attached to an aromatic ring is 4. The molecule has 1 aromatic carbocycles. The Bertz CT molecular complexity index is 6620. The predicted octanol–water partition coefficient (Wildman–Crippen LogP) is 0.748. The first kappa shape index (κ1) is 91.8. The van der Waals surface area contributed by atoms with Gasteiger partial charge >= 0.3 is 0 Å². The fourth-order valence-electron chi connectivity index (χ4n) is 17.7. The van der Waals surface area contributed by atoms with E-state index >= 15 is 0 Å². The van der Waals surface area contributed by atoms with Crippen LogP contribution >= 0.6 is 0 Å². The molecule has 1 aliphatic carbocycles. The summed E-state index contributed by atoms with van der Waals surface area (Å²) in [6.45, 7) is 10.5. The number of ether oxygens (including phenoxy) is 14. The minimum Gasteiger partial charge on any atom is -0.394 e. The van der Waals surface area contributed by atoms with Crippen molar-refractivity contribution >= 4 is 91.6 Å². The van der Waals surface area contributed by atoms with E-state index in [1.54, 1.807) is 51.4 Å². The SMILES string of the molecule is CNC(=O)c1cnn(-c2nc(N)c3ncn([C@@H]4O[C@H](CO)[C@@H]5OC(C)(C)OC54)c3n2)c1.CNC(=O)c1cnn(-c2nc(N)c3ncn([C@@H]4O[C@H](CO)[C@@H]5OC(c6ccccc6)OC54)c3n2)c1.CNC(=O)c1cnn(-c2nc(N)c3ncn([C@@H]4O[C@H](CO)[C@@H]5OC6(CCCCC6)OC54)c3n2)c1.CNC(=O)c1cnn(-c2nc(N)c3ncn([C@@H]4O[C@H](COC(C)(C)OC)[C@@H]5OC(C)(C)OC54)c3n2)c1. The lowest BCUT2D eigenvalue weighted by Crippen LogP contribution is -2.37. The Balaban J connectivity index is 0.000000116. The topological polar surface area (TPSA) is 656 Å². The normalized spacial score (nSPS) is 26.5. The molecule has 17 atom stereocenters. The van der Waals surface area contributed by atoms with Crippen molar-refractivity contribution in [3.05, 3.63) is 133 Å². The van der Waals surface area contributed by atoms with Gasteiger partial charge in [0.25, 0.3) is 47.4 Å². The Morgan fingerprint density at radius 1 is 0.419 bits per heavy atom. The van der Waals surface area contributed by atoms with E-state index in [2.05, 4.69) is 101 Å². The van der Waals surface area contributed by atoms with Crippen molar-refractivity contribution in [3.63, 3.8) is 0 Å². The molecule has 22 rings (SSSR count). The summed E-state index contributed by atoms with van der Waals surface area (Å²) in [4.78, 5) is 101. The number of rotatable bonds is 20. The van der Waals surface area contributed by atoms with E-state index in [9.17, 15) is 34.5 Å². The quantitative estimate of drug-likeness (QED) is 0.0469. The zero-order chi connectivity index (χ0) is 95.3. The number of imidazole rings is 4. The molecule has 1 spiro atoms. The predicted molar refractivity (Wildman–Crippen MR) is 467 cm³/mol. The summed E-state index contributed by atoms with van der Waals surface area (Å²) in [6.07, 6.45) is 13.9. The van der Waals surface area contributed by atoms with Crippen molar-refractivity contribution in [3.8, 4) is 23.8 Å². The first-order chi connectivity index (χ1) is 65.4. The molecule has 0 bridgehead atoms. The zero-order valence-electron chi connectivity index (χ0n) is 75.2. The molecule has 1 saturated carbocycles. The van der Waals surface area contributed by atoms with Gasteiger partial charge in [0.15, 0.2) is 100 Å². The van der Waals surface area contributed by atoms with Crippen LogP contribution in [0, 0.1) is 0 Å². The van der Waals surface area contributed by atoms with Gasteiger partial charge in [0, 0.05) is 78.5 Å². The minimum atomic E-state index is -0.814. The van der Waals surface area contributed by atoms with Gasteiger partial charge in [-0.25, -0.2) is 38.7 Å². The Hall–Kier alpha value is -13.3. The lowest BCUT2D eigenvalue weighted by atomic mass is 9.94. The van der Waals surface area contributed by atoms with Crippen LogP contribution in [0.25, 0.3) is 68.4 Å². The molecule has 9 aliphatic rings. The number of nitrogens with zero attached hydrogens (tertiary/aromatic N) is 24. The van der Waals surface area contributed by atoms with Gasteiger partial charge in [-0.3, -0.25) is 37.4 Å². The van der Waals surface area contributed by atoms with Crippen molar-refractivity contribution in [2.75, 3.05) is 84.7 Å². The first-order valence-electron chi connectivity index (χ1n) is 43.6. The van der Waals surface area contributed by atoms with Crippen LogP contribution in [0.4, 0.5) is 23.3 Å². The Labute approximate surface area is 770 Å². The average molecular weight is 1880 g/mol. The number of aromatic nitrogens is 24. The second kappa shape index (κ2) is 36.4. The summed E-state index contributed by atoms with van der Waals surface area (Å²) in [5, 5.41) is 56.5. The molecular formula is C83H100N32O21. The van der Waals surface area contributed by atoms with E-state index in [4.69, 9.17) is 89.3 Å². The van der Waals surface area contributed by atoms with E-state index in [0.717, 1.165) is 37.7 Å². The van der Waals surface area contributed by atoms with Gasteiger partial charge < -0.3 is 126 Å². The number of aliphatic hydroxyl groups is 3. The Morgan fingerprint density at radius 2 is 0.728 bits per heavy atom. The van der Waals surface area contributed by atoms with Gasteiger partial charge in [-0.05, 0) is 54.4 Å². The highest BCUT2D eigenvalue weighted by Gasteiger charge is 2.61. The van der Waals surface area contributed by atoms with Gasteiger partial charge in [-0.15, -0.1) is 0 Å². The highest BCUT2D eigenvalue weighted by atomic mass is 16.8. The summed E-state index contributed by atoms with van der Waals surface area (Å²) in [5.41, 5.74) is 30.2. The van der Waals surface area contributed by atoms with Crippen LogP contribution in [0.2, 0.25) is 0 Å². The number of nitrogens with two attached hydrogens (primary N) is 4. The van der Waals surface area contributed by atoms with Crippen LogP contribution in [0.5, 0.6) is 0 Å². The maximum absolute atomic E-state index is 11.9. The third-order valence-corrected chi connectivity index (χ3v) is 24.3. The molecule has 5 unspecified atom stereocenters. The van der Waals surface area contributed by atoms with Crippen molar-refractivity contribution in [1.82, 2.24) is 138 Å². The lowest BCUT2D eigenvalue weighted by molar-refractivity contribution is -0.235. The number of amides is 4. The fraction of sp³-hybridized carbons (Fsp3) is 0.494. The second-order valence-corrected chi connectivity index (χ2v) is 34.4. The van der Waals surface area contributed by atoms with Crippen LogP contribution < -0.4 is 44.2 Å². The summed E-state index contributed by atoms with van der Waals surface area (Å²) >= 11 is 0. The van der Waals surface area contributed by atoms with Gasteiger partial charge in [-0.1, -0.05) is 36.8 Å². The number of nitrogens with one attached hydrogen (secondary N) is 4. The van der Waals surface area contributed by atoms with Gasteiger partial charge in [0.05, 0.1) is 98.8 Å². The summed E-state index contributed by atoms with van der Waals surface area (Å²) in [6, 6.07) is 9.56. The van der Waals surface area contributed by atoms with Crippen LogP contribution in [0.15, 0.2) is 105 Å². The number of hydrogen-bond acceptors (Lipinski definition) is 41. The highest BCUT2D eigenvalue weighted by Crippen LogP contribution is 2.51. The lowest BCUT2D eigenvalue weighted by Gasteiger charge is -2.34. The van der Waals surface area contributed by atoms with Crippen LogP contribution in [0.1, 0.15) is 152 Å². The molecule has 4 amide bonds. The van der Waals surface area contributed by atoms with Crippen molar-refractivity contribution in [1.29, 1.82) is 0 Å². The number of aliphatic hydroxyl groups excluding tert-OH is 3. The highest BCUT2D eigenvalue weighted by molar-refractivity contribution is 5.95. The van der Waals surface area contributed by atoms with E-state index in [1.807, 2.05) is 71.9 Å². The van der Waals surface area contributed by atoms with Crippen molar-refractivity contribution in [2.45, 2.75) is 201 Å². The molecule has 53 heteroatoms. The van der Waals surface area contributed by atoms with E-state index < -0.39 is 128 Å². The number of benzene rings is 1. The van der Waals surface area contributed by atoms with Crippen molar-refractivity contribution < 1.29 is 101 Å². The summed E-state index contributed by atoms with van der Waals surface area (Å²) < 4.78 is 97.7. The van der Waals surface area contributed by atoms with Crippen molar-refractivity contribution in [2.24, 2.45) is 0 Å². The molecule has 9 fully saturated rings. The Kier molecular flexibility index (Phi) is 24.5. The molecule has 12 aromatic heterocycles. The smallest absolute Gasteiger partial charge is 0.254 e. The fourth-order valence-corrected chi connectivity index (χ4v) is 17.7. The molecule has 8 aliphatic heterocycles. The van der Waals surface area contributed by atoms with Crippen LogP contribution in [0.3, 0.4) is 0 Å². The molecular weight excluding hydrogens is 1780 g/mol.